The minimum absolute atomic E-state index is 0.0334. The van der Waals surface area contributed by atoms with Gasteiger partial charge in [-0.05, 0) is 12.8 Å². The van der Waals surface area contributed by atoms with Gasteiger partial charge in [0.05, 0.1) is 27.7 Å². The molecule has 1 unspecified atom stereocenters. The average molecular weight is 497 g/mol. The lowest BCUT2D eigenvalue weighted by atomic mass is 10.1. The molecule has 0 bridgehead atoms. The zero-order valence-electron chi connectivity index (χ0n) is 21.4. The van der Waals surface area contributed by atoms with Crippen LogP contribution in [0.4, 0.5) is 0 Å². The number of likely N-dealkylation sites (N-methyl/N-ethyl adjacent to an activating group) is 1. The first-order valence-electron chi connectivity index (χ1n) is 12.3. The Morgan fingerprint density at radius 2 is 1.42 bits per heavy atom. The molecule has 10 heteroatoms. The Labute approximate surface area is 200 Å². The number of esters is 2. The van der Waals surface area contributed by atoms with Gasteiger partial charge in [0.2, 0.25) is 0 Å². The fraction of sp³-hybridized carbons (Fsp3) is 0.913. The minimum atomic E-state index is -4.32. The molecule has 2 atom stereocenters. The van der Waals surface area contributed by atoms with Crippen molar-refractivity contribution in [1.29, 1.82) is 0 Å². The molecule has 9 nitrogen and oxygen atoms in total. The van der Waals surface area contributed by atoms with E-state index in [-0.39, 0.29) is 26.1 Å². The van der Waals surface area contributed by atoms with E-state index < -0.39 is 32.5 Å². The summed E-state index contributed by atoms with van der Waals surface area (Å²) in [6.45, 7) is 3.95. The standard InChI is InChI=1S/C23H46NO8P/c1-6-8-9-10-11-12-13-14-16-23(26)32-21(19-29-22(25)15-7-2)20-31-33(27,28)30-18-17-24(3,4)5/h21H,6-20H2,1-5H3/p+1/t21-/m1/s1. The zero-order chi connectivity index (χ0) is 25.2. The Kier molecular flexibility index (Phi) is 17.8. The van der Waals surface area contributed by atoms with Crippen molar-refractivity contribution in [1.82, 2.24) is 0 Å². The van der Waals surface area contributed by atoms with Crippen LogP contribution >= 0.6 is 7.82 Å². The van der Waals surface area contributed by atoms with E-state index in [1.165, 1.54) is 32.1 Å². The monoisotopic (exact) mass is 496 g/mol. The number of phosphoric ester groups is 1. The number of hydrogen-bond donors (Lipinski definition) is 1. The number of unbranched alkanes of at least 4 members (excludes halogenated alkanes) is 7. The number of nitrogens with zero attached hydrogens (tertiary/aromatic N) is 1. The van der Waals surface area contributed by atoms with E-state index in [1.807, 2.05) is 28.1 Å². The number of carbonyl (C=O) groups is 2. The van der Waals surface area contributed by atoms with Crippen LogP contribution in [0.25, 0.3) is 0 Å². The number of carbonyl (C=O) groups excluding carboxylic acids is 2. The molecular formula is C23H47NO8P+. The van der Waals surface area contributed by atoms with Crippen molar-refractivity contribution < 1.29 is 42.1 Å². The molecule has 0 aliphatic rings. The summed E-state index contributed by atoms with van der Waals surface area (Å²) in [4.78, 5) is 33.8. The third-order valence-electron chi connectivity index (χ3n) is 4.86. The Morgan fingerprint density at radius 3 is 2.00 bits per heavy atom. The second-order valence-corrected chi connectivity index (χ2v) is 10.8. The van der Waals surface area contributed by atoms with Gasteiger partial charge in [0.1, 0.15) is 19.8 Å². The fourth-order valence-corrected chi connectivity index (χ4v) is 3.61. The highest BCUT2D eigenvalue weighted by Gasteiger charge is 2.26. The average Bonchev–Trinajstić information content (AvgIpc) is 2.71. The molecule has 0 fully saturated rings. The topological polar surface area (TPSA) is 108 Å². The number of ether oxygens (including phenoxy) is 2. The van der Waals surface area contributed by atoms with E-state index in [2.05, 4.69) is 6.92 Å². The molecule has 0 aliphatic heterocycles. The van der Waals surface area contributed by atoms with Gasteiger partial charge in [-0.25, -0.2) is 4.57 Å². The van der Waals surface area contributed by atoms with Crippen LogP contribution in [-0.4, -0.2) is 74.9 Å². The van der Waals surface area contributed by atoms with Crippen LogP contribution in [0.15, 0.2) is 0 Å². The summed E-state index contributed by atoms with van der Waals surface area (Å²) in [6, 6.07) is 0. The summed E-state index contributed by atoms with van der Waals surface area (Å²) in [5.41, 5.74) is 0. The molecule has 0 rings (SSSR count). The van der Waals surface area contributed by atoms with Gasteiger partial charge in [-0.2, -0.15) is 0 Å². The number of hydrogen-bond acceptors (Lipinski definition) is 7. The van der Waals surface area contributed by atoms with E-state index in [1.54, 1.807) is 0 Å². The third-order valence-corrected chi connectivity index (χ3v) is 5.84. The molecular weight excluding hydrogens is 449 g/mol. The van der Waals surface area contributed by atoms with E-state index >= 15 is 0 Å². The van der Waals surface area contributed by atoms with E-state index in [0.29, 0.717) is 23.9 Å². The second-order valence-electron chi connectivity index (χ2n) is 9.38. The maximum absolute atomic E-state index is 12.2. The van der Waals surface area contributed by atoms with Gasteiger partial charge in [-0.15, -0.1) is 0 Å². The van der Waals surface area contributed by atoms with Gasteiger partial charge in [-0.1, -0.05) is 58.8 Å². The summed E-state index contributed by atoms with van der Waals surface area (Å²) in [6.07, 6.45) is 9.00. The molecule has 0 saturated carbocycles. The lowest BCUT2D eigenvalue weighted by Crippen LogP contribution is -2.37. The summed E-state index contributed by atoms with van der Waals surface area (Å²) in [7, 11) is 1.47. The van der Waals surface area contributed by atoms with Crippen LogP contribution in [0, 0.1) is 0 Å². The summed E-state index contributed by atoms with van der Waals surface area (Å²) >= 11 is 0. The molecule has 196 valence electrons. The largest absolute Gasteiger partial charge is 0.472 e. The fourth-order valence-electron chi connectivity index (χ4n) is 2.87. The molecule has 0 aliphatic carbocycles. The lowest BCUT2D eigenvalue weighted by Gasteiger charge is -2.24. The van der Waals surface area contributed by atoms with Crippen molar-refractivity contribution in [2.24, 2.45) is 0 Å². The minimum Gasteiger partial charge on any atom is -0.462 e. The Morgan fingerprint density at radius 1 is 0.818 bits per heavy atom. The van der Waals surface area contributed by atoms with Gasteiger partial charge < -0.3 is 18.9 Å². The second kappa shape index (κ2) is 18.4. The van der Waals surface area contributed by atoms with Crippen molar-refractivity contribution in [3.05, 3.63) is 0 Å². The lowest BCUT2D eigenvalue weighted by molar-refractivity contribution is -0.870. The zero-order valence-corrected chi connectivity index (χ0v) is 22.3. The molecule has 1 N–H and O–H groups in total. The summed E-state index contributed by atoms with van der Waals surface area (Å²) in [5, 5.41) is 0. The quantitative estimate of drug-likeness (QED) is 0.106. The predicted molar refractivity (Wildman–Crippen MR) is 128 cm³/mol. The Hall–Kier alpha value is -0.990. The van der Waals surface area contributed by atoms with Crippen LogP contribution in [0.2, 0.25) is 0 Å². The van der Waals surface area contributed by atoms with E-state index in [4.69, 9.17) is 18.5 Å². The smallest absolute Gasteiger partial charge is 0.462 e. The first-order chi connectivity index (χ1) is 15.5. The molecule has 0 aromatic heterocycles. The van der Waals surface area contributed by atoms with Crippen molar-refractivity contribution in [2.45, 2.75) is 90.6 Å². The van der Waals surface area contributed by atoms with Gasteiger partial charge in [0, 0.05) is 12.8 Å². The van der Waals surface area contributed by atoms with Gasteiger partial charge in [-0.3, -0.25) is 18.6 Å². The predicted octanol–water partition coefficient (Wildman–Crippen LogP) is 4.61. The highest BCUT2D eigenvalue weighted by molar-refractivity contribution is 7.47. The van der Waals surface area contributed by atoms with Crippen molar-refractivity contribution in [2.75, 3.05) is 47.5 Å². The highest BCUT2D eigenvalue weighted by atomic mass is 31.2. The molecule has 33 heavy (non-hydrogen) atoms. The maximum Gasteiger partial charge on any atom is 0.472 e. The first-order valence-corrected chi connectivity index (χ1v) is 13.8. The van der Waals surface area contributed by atoms with Crippen LogP contribution < -0.4 is 0 Å². The molecule has 0 amide bonds. The Balaban J connectivity index is 4.47. The van der Waals surface area contributed by atoms with E-state index in [9.17, 15) is 19.0 Å². The van der Waals surface area contributed by atoms with Crippen molar-refractivity contribution in [3.63, 3.8) is 0 Å². The Bertz CT molecular complexity index is 579. The first kappa shape index (κ1) is 32.0. The molecule has 0 radical (unpaired) electrons. The molecule has 0 aromatic rings. The van der Waals surface area contributed by atoms with Gasteiger partial charge in [0.25, 0.3) is 0 Å². The van der Waals surface area contributed by atoms with Gasteiger partial charge in [0.15, 0.2) is 6.10 Å². The SMILES string of the molecule is CCCCCCCCCCC(=O)O[C@H](COC(=O)CCC)COP(=O)(O)OCC[N+](C)(C)C. The molecule has 0 aromatic carbocycles. The molecule has 0 heterocycles. The van der Waals surface area contributed by atoms with Gasteiger partial charge >= 0.3 is 19.8 Å². The van der Waals surface area contributed by atoms with Crippen molar-refractivity contribution >= 4 is 19.8 Å². The normalized spacial score (nSPS) is 14.5. The van der Waals surface area contributed by atoms with Crippen molar-refractivity contribution in [3.8, 4) is 0 Å². The summed E-state index contributed by atoms with van der Waals surface area (Å²) < 4.78 is 33.1. The number of rotatable bonds is 21. The summed E-state index contributed by atoms with van der Waals surface area (Å²) in [5.74, 6) is -0.868. The highest BCUT2D eigenvalue weighted by Crippen LogP contribution is 2.43. The van der Waals surface area contributed by atoms with E-state index in [0.717, 1.165) is 12.8 Å². The maximum atomic E-state index is 12.2. The third kappa shape index (κ3) is 21.3. The van der Waals surface area contributed by atoms with Crippen LogP contribution in [0.3, 0.4) is 0 Å². The molecule has 0 saturated heterocycles. The number of quaternary nitrogens is 1. The van der Waals surface area contributed by atoms with Crippen LogP contribution in [0.1, 0.15) is 84.5 Å². The van der Waals surface area contributed by atoms with Crippen LogP contribution in [-0.2, 0) is 32.7 Å². The molecule has 0 spiro atoms. The van der Waals surface area contributed by atoms with Crippen LogP contribution in [0.5, 0.6) is 0 Å². The number of phosphoric acid groups is 1.